The maximum atomic E-state index is 12.5. The van der Waals surface area contributed by atoms with E-state index < -0.39 is 17.8 Å². The summed E-state index contributed by atoms with van der Waals surface area (Å²) in [5, 5.41) is 0. The van der Waals surface area contributed by atoms with Crippen LogP contribution < -0.4 is 0 Å². The van der Waals surface area contributed by atoms with Crippen molar-refractivity contribution in [1.29, 1.82) is 0 Å². The maximum absolute atomic E-state index is 12.5. The molecule has 0 aliphatic rings. The van der Waals surface area contributed by atoms with Gasteiger partial charge in [0.1, 0.15) is 5.82 Å². The zero-order valence-electron chi connectivity index (χ0n) is 8.90. The highest BCUT2D eigenvalue weighted by atomic mass is 19.1. The van der Waals surface area contributed by atoms with E-state index in [0.717, 1.165) is 12.1 Å². The fraction of sp³-hybridized carbons (Fsp3) is 0.273. The summed E-state index contributed by atoms with van der Waals surface area (Å²) < 4.78 is 12.5. The van der Waals surface area contributed by atoms with Crippen LogP contribution in [0.15, 0.2) is 24.3 Å². The maximum Gasteiger partial charge on any atom is 0.386 e. The Bertz CT molecular complexity index is 383. The first-order valence-electron chi connectivity index (χ1n) is 4.69. The van der Waals surface area contributed by atoms with Crippen LogP contribution in [0.5, 0.6) is 0 Å². The average molecular weight is 226 g/mol. The third-order valence-electron chi connectivity index (χ3n) is 1.75. The molecule has 1 rings (SSSR count). The molecular weight excluding hydrogens is 215 g/mol. The molecule has 0 aliphatic heterocycles. The van der Waals surface area contributed by atoms with Crippen molar-refractivity contribution < 1.29 is 23.8 Å². The van der Waals surface area contributed by atoms with Crippen molar-refractivity contribution in [1.82, 2.24) is 0 Å². The van der Waals surface area contributed by atoms with Crippen LogP contribution in [0.4, 0.5) is 4.39 Å². The van der Waals surface area contributed by atoms with E-state index >= 15 is 0 Å². The van der Waals surface area contributed by atoms with Crippen molar-refractivity contribution in [3.05, 3.63) is 35.6 Å². The van der Waals surface area contributed by atoms with Gasteiger partial charge in [-0.3, -0.25) is 0 Å². The van der Waals surface area contributed by atoms with Gasteiger partial charge in [-0.05, 0) is 24.3 Å². The standard InChI is InChI=1S/C11H11FO4/c1-7(2)10(13)15-16-11(14)8-3-5-9(12)6-4-8/h3-7H,1-2H3. The second-order valence-electron chi connectivity index (χ2n) is 3.43. The first kappa shape index (κ1) is 12.2. The first-order chi connectivity index (χ1) is 7.50. The van der Waals surface area contributed by atoms with Crippen LogP contribution in [0.25, 0.3) is 0 Å². The summed E-state index contributed by atoms with van der Waals surface area (Å²) in [4.78, 5) is 30.8. The minimum absolute atomic E-state index is 0.109. The molecule has 0 atom stereocenters. The molecule has 16 heavy (non-hydrogen) atoms. The molecule has 0 saturated heterocycles. The molecular formula is C11H11FO4. The van der Waals surface area contributed by atoms with Gasteiger partial charge in [-0.15, -0.1) is 0 Å². The number of hydrogen-bond acceptors (Lipinski definition) is 4. The Morgan fingerprint density at radius 2 is 1.69 bits per heavy atom. The van der Waals surface area contributed by atoms with E-state index in [1.165, 1.54) is 12.1 Å². The Morgan fingerprint density at radius 3 is 2.19 bits per heavy atom. The minimum atomic E-state index is -0.839. The van der Waals surface area contributed by atoms with Crippen LogP contribution in [-0.4, -0.2) is 11.9 Å². The molecule has 0 radical (unpaired) electrons. The van der Waals surface area contributed by atoms with Crippen LogP contribution in [-0.2, 0) is 14.6 Å². The van der Waals surface area contributed by atoms with E-state index in [9.17, 15) is 14.0 Å². The quantitative estimate of drug-likeness (QED) is 0.572. The minimum Gasteiger partial charge on any atom is -0.247 e. The van der Waals surface area contributed by atoms with Crippen LogP contribution in [0.2, 0.25) is 0 Å². The second kappa shape index (κ2) is 5.25. The Morgan fingerprint density at radius 1 is 1.12 bits per heavy atom. The Labute approximate surface area is 91.9 Å². The number of benzene rings is 1. The van der Waals surface area contributed by atoms with Gasteiger partial charge in [-0.25, -0.2) is 23.8 Å². The zero-order chi connectivity index (χ0) is 12.1. The fourth-order valence-corrected chi connectivity index (χ4v) is 0.809. The zero-order valence-corrected chi connectivity index (χ0v) is 8.90. The van der Waals surface area contributed by atoms with Gasteiger partial charge in [0, 0.05) is 0 Å². The number of halogens is 1. The lowest BCUT2D eigenvalue weighted by atomic mass is 10.2. The largest absolute Gasteiger partial charge is 0.386 e. The van der Waals surface area contributed by atoms with E-state index in [-0.39, 0.29) is 11.5 Å². The summed E-state index contributed by atoms with van der Waals surface area (Å²) in [6, 6.07) is 4.70. The summed E-state index contributed by atoms with van der Waals surface area (Å²) in [7, 11) is 0. The van der Waals surface area contributed by atoms with Gasteiger partial charge in [0.15, 0.2) is 0 Å². The molecule has 0 aliphatic carbocycles. The van der Waals surface area contributed by atoms with Crippen LogP contribution in [0, 0.1) is 11.7 Å². The Kier molecular flexibility index (Phi) is 3.99. The molecule has 0 spiro atoms. The van der Waals surface area contributed by atoms with E-state index in [2.05, 4.69) is 9.78 Å². The summed E-state index contributed by atoms with van der Waals surface area (Å²) in [5.41, 5.74) is 0.109. The molecule has 0 amide bonds. The van der Waals surface area contributed by atoms with Gasteiger partial charge >= 0.3 is 11.9 Å². The Balaban J connectivity index is 2.53. The fourth-order valence-electron chi connectivity index (χ4n) is 0.809. The lowest BCUT2D eigenvalue weighted by Crippen LogP contribution is -2.15. The van der Waals surface area contributed by atoms with E-state index in [1.807, 2.05) is 0 Å². The normalized spacial score (nSPS) is 10.0. The number of carbonyl (C=O) groups excluding carboxylic acids is 2. The highest BCUT2D eigenvalue weighted by Gasteiger charge is 2.14. The smallest absolute Gasteiger partial charge is 0.247 e. The molecule has 5 heteroatoms. The van der Waals surface area contributed by atoms with Gasteiger partial charge in [0.05, 0.1) is 11.5 Å². The molecule has 0 fully saturated rings. The summed E-state index contributed by atoms with van der Waals surface area (Å²) in [5.74, 6) is -2.33. The van der Waals surface area contributed by atoms with Crippen LogP contribution >= 0.6 is 0 Å². The topological polar surface area (TPSA) is 52.6 Å². The average Bonchev–Trinajstić information content (AvgIpc) is 2.26. The van der Waals surface area contributed by atoms with E-state index in [4.69, 9.17) is 0 Å². The van der Waals surface area contributed by atoms with Gasteiger partial charge < -0.3 is 0 Å². The van der Waals surface area contributed by atoms with Crippen LogP contribution in [0.1, 0.15) is 24.2 Å². The van der Waals surface area contributed by atoms with Gasteiger partial charge in [0.25, 0.3) is 0 Å². The van der Waals surface area contributed by atoms with Crippen molar-refractivity contribution in [2.75, 3.05) is 0 Å². The van der Waals surface area contributed by atoms with Crippen molar-refractivity contribution >= 4 is 11.9 Å². The first-order valence-corrected chi connectivity index (χ1v) is 4.69. The van der Waals surface area contributed by atoms with Crippen molar-refractivity contribution in [3.8, 4) is 0 Å². The predicted molar refractivity (Wildman–Crippen MR) is 52.7 cm³/mol. The lowest BCUT2D eigenvalue weighted by Gasteiger charge is -2.04. The van der Waals surface area contributed by atoms with Crippen molar-refractivity contribution in [2.24, 2.45) is 5.92 Å². The van der Waals surface area contributed by atoms with Crippen molar-refractivity contribution in [2.45, 2.75) is 13.8 Å². The van der Waals surface area contributed by atoms with Crippen LogP contribution in [0.3, 0.4) is 0 Å². The molecule has 0 unspecified atom stereocenters. The molecule has 0 heterocycles. The number of rotatable bonds is 2. The lowest BCUT2D eigenvalue weighted by molar-refractivity contribution is -0.237. The van der Waals surface area contributed by atoms with Gasteiger partial charge in [0.2, 0.25) is 0 Å². The second-order valence-corrected chi connectivity index (χ2v) is 3.43. The third-order valence-corrected chi connectivity index (χ3v) is 1.75. The molecule has 1 aromatic carbocycles. The van der Waals surface area contributed by atoms with E-state index in [0.29, 0.717) is 0 Å². The Hall–Kier alpha value is -1.91. The molecule has 0 aromatic heterocycles. The molecule has 4 nitrogen and oxygen atoms in total. The number of hydrogen-bond donors (Lipinski definition) is 0. The molecule has 0 bridgehead atoms. The highest BCUT2D eigenvalue weighted by molar-refractivity contribution is 5.89. The van der Waals surface area contributed by atoms with Gasteiger partial charge in [-0.2, -0.15) is 0 Å². The summed E-state index contributed by atoms with van der Waals surface area (Å²) >= 11 is 0. The molecule has 0 saturated carbocycles. The van der Waals surface area contributed by atoms with Crippen molar-refractivity contribution in [3.63, 3.8) is 0 Å². The predicted octanol–water partition coefficient (Wildman–Crippen LogP) is 2.10. The molecule has 0 N–H and O–H groups in total. The molecule has 1 aromatic rings. The van der Waals surface area contributed by atoms with E-state index in [1.54, 1.807) is 13.8 Å². The number of carbonyl (C=O) groups is 2. The molecule has 86 valence electrons. The summed E-state index contributed by atoms with van der Waals surface area (Å²) in [6.07, 6.45) is 0. The summed E-state index contributed by atoms with van der Waals surface area (Å²) in [6.45, 7) is 3.21. The monoisotopic (exact) mass is 226 g/mol. The van der Waals surface area contributed by atoms with Gasteiger partial charge in [-0.1, -0.05) is 13.8 Å². The highest BCUT2D eigenvalue weighted by Crippen LogP contribution is 2.05. The SMILES string of the molecule is CC(C)C(=O)OOC(=O)c1ccc(F)cc1. The third kappa shape index (κ3) is 3.34.